The minimum absolute atomic E-state index is 0.558. The predicted molar refractivity (Wildman–Crippen MR) is 76.9 cm³/mol. The van der Waals surface area contributed by atoms with E-state index in [1.54, 1.807) is 0 Å². The number of rotatable bonds is 5. The van der Waals surface area contributed by atoms with Crippen molar-refractivity contribution in [2.24, 2.45) is 5.73 Å². The third-order valence-electron chi connectivity index (χ3n) is 4.15. The Morgan fingerprint density at radius 1 is 1.33 bits per heavy atom. The van der Waals surface area contributed by atoms with Crippen LogP contribution >= 0.6 is 0 Å². The number of nitrogens with two attached hydrogens (primary N) is 1. The summed E-state index contributed by atoms with van der Waals surface area (Å²) in [5.41, 5.74) is 9.80. The van der Waals surface area contributed by atoms with Crippen LogP contribution in [0.4, 0.5) is 5.82 Å². The van der Waals surface area contributed by atoms with E-state index >= 15 is 0 Å². The second kappa shape index (κ2) is 5.70. The fourth-order valence-electron chi connectivity index (χ4n) is 2.97. The van der Waals surface area contributed by atoms with Gasteiger partial charge < -0.3 is 10.6 Å². The lowest BCUT2D eigenvalue weighted by Crippen LogP contribution is -2.32. The minimum Gasteiger partial charge on any atom is -0.356 e. The Hall–Kier alpha value is -1.09. The van der Waals surface area contributed by atoms with Crippen molar-refractivity contribution in [1.82, 2.24) is 4.98 Å². The van der Waals surface area contributed by atoms with Gasteiger partial charge >= 0.3 is 0 Å². The molecule has 0 bridgehead atoms. The van der Waals surface area contributed by atoms with Gasteiger partial charge in [-0.2, -0.15) is 0 Å². The van der Waals surface area contributed by atoms with Gasteiger partial charge in [-0.25, -0.2) is 4.98 Å². The maximum Gasteiger partial charge on any atom is 0.133 e. The van der Waals surface area contributed by atoms with Gasteiger partial charge in [0.1, 0.15) is 5.82 Å². The van der Waals surface area contributed by atoms with Crippen LogP contribution in [0.2, 0.25) is 0 Å². The summed E-state index contributed by atoms with van der Waals surface area (Å²) in [4.78, 5) is 7.21. The molecule has 0 fully saturated rings. The first-order chi connectivity index (χ1) is 8.71. The molecular weight excluding hydrogens is 222 g/mol. The zero-order chi connectivity index (χ0) is 13.1. The van der Waals surface area contributed by atoms with E-state index in [4.69, 9.17) is 10.7 Å². The standard InChI is InChI=1S/C15H25N3/c1-4-13(5-2)18(3)15-12(10-16)9-11-7-6-8-14(11)17-15/h9,13H,4-8,10,16H2,1-3H3. The van der Waals surface area contributed by atoms with E-state index in [0.717, 1.165) is 25.1 Å². The lowest BCUT2D eigenvalue weighted by atomic mass is 10.1. The van der Waals surface area contributed by atoms with Crippen LogP contribution in [0.5, 0.6) is 0 Å². The van der Waals surface area contributed by atoms with Crippen molar-refractivity contribution in [1.29, 1.82) is 0 Å². The Morgan fingerprint density at radius 3 is 2.67 bits per heavy atom. The smallest absolute Gasteiger partial charge is 0.133 e. The molecule has 0 amide bonds. The number of anilines is 1. The van der Waals surface area contributed by atoms with Crippen LogP contribution in [0.3, 0.4) is 0 Å². The summed E-state index contributed by atoms with van der Waals surface area (Å²) in [6.07, 6.45) is 5.84. The molecule has 1 aliphatic rings. The fraction of sp³-hybridized carbons (Fsp3) is 0.667. The molecule has 2 N–H and O–H groups in total. The van der Waals surface area contributed by atoms with Crippen molar-refractivity contribution in [3.63, 3.8) is 0 Å². The summed E-state index contributed by atoms with van der Waals surface area (Å²) in [7, 11) is 2.15. The molecule has 0 spiro atoms. The van der Waals surface area contributed by atoms with E-state index < -0.39 is 0 Å². The molecule has 1 aromatic rings. The number of hydrogen-bond acceptors (Lipinski definition) is 3. The van der Waals surface area contributed by atoms with Gasteiger partial charge in [-0.15, -0.1) is 0 Å². The molecule has 0 radical (unpaired) electrons. The van der Waals surface area contributed by atoms with Gasteiger partial charge in [0.05, 0.1) is 0 Å². The molecule has 3 nitrogen and oxygen atoms in total. The van der Waals surface area contributed by atoms with Gasteiger partial charge in [-0.3, -0.25) is 0 Å². The molecule has 0 saturated carbocycles. The average molecular weight is 247 g/mol. The molecule has 1 aromatic heterocycles. The van der Waals surface area contributed by atoms with E-state index in [1.807, 2.05) is 0 Å². The Kier molecular flexibility index (Phi) is 4.23. The van der Waals surface area contributed by atoms with E-state index in [1.165, 1.54) is 29.7 Å². The first-order valence-electron chi connectivity index (χ1n) is 7.15. The van der Waals surface area contributed by atoms with Crippen LogP contribution in [0.25, 0.3) is 0 Å². The molecule has 0 unspecified atom stereocenters. The number of aromatic nitrogens is 1. The van der Waals surface area contributed by atoms with Crippen LogP contribution in [0, 0.1) is 0 Å². The lowest BCUT2D eigenvalue weighted by Gasteiger charge is -2.29. The molecule has 0 aliphatic heterocycles. The Morgan fingerprint density at radius 2 is 2.06 bits per heavy atom. The monoisotopic (exact) mass is 247 g/mol. The third kappa shape index (κ3) is 2.37. The van der Waals surface area contributed by atoms with Crippen LogP contribution in [0.1, 0.15) is 49.9 Å². The SMILES string of the molecule is CCC(CC)N(C)c1nc2c(cc1CN)CCC2. The molecule has 100 valence electrons. The number of pyridine rings is 1. The minimum atomic E-state index is 0.558. The fourth-order valence-corrected chi connectivity index (χ4v) is 2.97. The zero-order valence-electron chi connectivity index (χ0n) is 11.9. The topological polar surface area (TPSA) is 42.2 Å². The molecule has 3 heteroatoms. The molecule has 0 saturated heterocycles. The highest BCUT2D eigenvalue weighted by molar-refractivity contribution is 5.51. The second-order valence-electron chi connectivity index (χ2n) is 5.22. The maximum absolute atomic E-state index is 5.90. The molecule has 0 atom stereocenters. The van der Waals surface area contributed by atoms with Crippen LogP contribution in [-0.4, -0.2) is 18.1 Å². The number of aryl methyl sites for hydroxylation is 2. The van der Waals surface area contributed by atoms with Gasteiger partial charge in [-0.05, 0) is 43.7 Å². The van der Waals surface area contributed by atoms with Gasteiger partial charge in [0.25, 0.3) is 0 Å². The predicted octanol–water partition coefficient (Wildman–Crippen LogP) is 2.65. The largest absolute Gasteiger partial charge is 0.356 e. The summed E-state index contributed by atoms with van der Waals surface area (Å²) in [6, 6.07) is 2.84. The van der Waals surface area contributed by atoms with Gasteiger partial charge in [0.2, 0.25) is 0 Å². The molecule has 18 heavy (non-hydrogen) atoms. The molecule has 1 aliphatic carbocycles. The highest BCUT2D eigenvalue weighted by atomic mass is 15.2. The van der Waals surface area contributed by atoms with E-state index in [-0.39, 0.29) is 0 Å². The molecule has 2 rings (SSSR count). The third-order valence-corrected chi connectivity index (χ3v) is 4.15. The highest BCUT2D eigenvalue weighted by Gasteiger charge is 2.20. The number of nitrogens with zero attached hydrogens (tertiary/aromatic N) is 2. The molecule has 0 aromatic carbocycles. The van der Waals surface area contributed by atoms with Gasteiger partial charge in [0, 0.05) is 30.9 Å². The molecular formula is C15H25N3. The van der Waals surface area contributed by atoms with Crippen LogP contribution in [0.15, 0.2) is 6.07 Å². The number of hydrogen-bond donors (Lipinski definition) is 1. The summed E-state index contributed by atoms with van der Waals surface area (Å²) in [6.45, 7) is 5.06. The van der Waals surface area contributed by atoms with Crippen LogP contribution < -0.4 is 10.6 Å². The van der Waals surface area contributed by atoms with E-state index in [2.05, 4.69) is 31.9 Å². The summed E-state index contributed by atoms with van der Waals surface area (Å²) in [5.74, 6) is 1.10. The number of fused-ring (bicyclic) bond motifs is 1. The Labute approximate surface area is 110 Å². The summed E-state index contributed by atoms with van der Waals surface area (Å²) >= 11 is 0. The lowest BCUT2D eigenvalue weighted by molar-refractivity contribution is 0.584. The van der Waals surface area contributed by atoms with Gasteiger partial charge in [0.15, 0.2) is 0 Å². The van der Waals surface area contributed by atoms with Crippen molar-refractivity contribution < 1.29 is 0 Å². The summed E-state index contributed by atoms with van der Waals surface area (Å²) < 4.78 is 0. The van der Waals surface area contributed by atoms with Crippen molar-refractivity contribution in [2.45, 2.75) is 58.5 Å². The van der Waals surface area contributed by atoms with Crippen molar-refractivity contribution in [2.75, 3.05) is 11.9 Å². The van der Waals surface area contributed by atoms with Crippen molar-refractivity contribution >= 4 is 5.82 Å². The van der Waals surface area contributed by atoms with E-state index in [9.17, 15) is 0 Å². The maximum atomic E-state index is 5.90. The quantitative estimate of drug-likeness (QED) is 0.869. The zero-order valence-corrected chi connectivity index (χ0v) is 11.9. The Balaban J connectivity index is 2.36. The van der Waals surface area contributed by atoms with Crippen LogP contribution in [-0.2, 0) is 19.4 Å². The first kappa shape index (κ1) is 13.3. The average Bonchev–Trinajstić information content (AvgIpc) is 2.85. The van der Waals surface area contributed by atoms with Crippen molar-refractivity contribution in [3.05, 3.63) is 22.9 Å². The second-order valence-corrected chi connectivity index (χ2v) is 5.22. The van der Waals surface area contributed by atoms with Crippen molar-refractivity contribution in [3.8, 4) is 0 Å². The highest BCUT2D eigenvalue weighted by Crippen LogP contribution is 2.28. The van der Waals surface area contributed by atoms with E-state index in [0.29, 0.717) is 12.6 Å². The first-order valence-corrected chi connectivity index (χ1v) is 7.15. The summed E-state index contributed by atoms with van der Waals surface area (Å²) in [5, 5.41) is 0. The Bertz CT molecular complexity index is 410. The normalized spacial score (nSPS) is 14.1. The molecule has 1 heterocycles. The van der Waals surface area contributed by atoms with Gasteiger partial charge in [-0.1, -0.05) is 13.8 Å².